The first kappa shape index (κ1) is 10.8. The molecule has 0 spiro atoms. The van der Waals surface area contributed by atoms with Gasteiger partial charge >= 0.3 is 0 Å². The number of halogens is 2. The zero-order chi connectivity index (χ0) is 11.5. The van der Waals surface area contributed by atoms with E-state index in [2.05, 4.69) is 0 Å². The summed E-state index contributed by atoms with van der Waals surface area (Å²) in [4.78, 5) is 0. The molecule has 0 radical (unpaired) electrons. The quantitative estimate of drug-likeness (QED) is 0.869. The molecule has 1 unspecified atom stereocenters. The van der Waals surface area contributed by atoms with Crippen LogP contribution < -0.4 is 0 Å². The average molecular weight is 224 g/mol. The summed E-state index contributed by atoms with van der Waals surface area (Å²) in [6, 6.07) is 5.18. The topological polar surface area (TPSA) is 33.4 Å². The smallest absolute Gasteiger partial charge is 0.129 e. The molecule has 1 heterocycles. The van der Waals surface area contributed by atoms with Gasteiger partial charge in [-0.05, 0) is 18.2 Å². The van der Waals surface area contributed by atoms with E-state index in [-0.39, 0.29) is 12.0 Å². The van der Waals surface area contributed by atoms with Gasteiger partial charge in [-0.25, -0.2) is 8.78 Å². The summed E-state index contributed by atoms with van der Waals surface area (Å²) in [6.45, 7) is 0. The van der Waals surface area contributed by atoms with Crippen molar-refractivity contribution < 1.29 is 18.3 Å². The zero-order valence-corrected chi connectivity index (χ0v) is 8.36. The Bertz CT molecular complexity index is 446. The van der Waals surface area contributed by atoms with Gasteiger partial charge in [-0.15, -0.1) is 0 Å². The number of benzene rings is 1. The predicted molar refractivity (Wildman–Crippen MR) is 53.7 cm³/mol. The molecule has 2 nitrogen and oxygen atoms in total. The molecule has 84 valence electrons. The van der Waals surface area contributed by atoms with Crippen molar-refractivity contribution >= 4 is 0 Å². The van der Waals surface area contributed by atoms with Crippen molar-refractivity contribution in [3.05, 3.63) is 59.6 Å². The molecule has 1 atom stereocenters. The molecule has 1 N–H and O–H groups in total. The molecule has 0 saturated carbocycles. The Morgan fingerprint density at radius 2 is 1.88 bits per heavy atom. The first-order valence-electron chi connectivity index (χ1n) is 4.81. The van der Waals surface area contributed by atoms with Gasteiger partial charge in [0.1, 0.15) is 11.6 Å². The van der Waals surface area contributed by atoms with Crippen molar-refractivity contribution in [2.75, 3.05) is 0 Å². The summed E-state index contributed by atoms with van der Waals surface area (Å²) >= 11 is 0. The Hall–Kier alpha value is -1.68. The molecule has 0 fully saturated rings. The fourth-order valence-corrected chi connectivity index (χ4v) is 1.50. The van der Waals surface area contributed by atoms with Crippen molar-refractivity contribution in [3.63, 3.8) is 0 Å². The molecule has 0 aliphatic carbocycles. The van der Waals surface area contributed by atoms with E-state index in [0.29, 0.717) is 5.56 Å². The maximum Gasteiger partial charge on any atom is 0.129 e. The van der Waals surface area contributed by atoms with E-state index in [1.165, 1.54) is 30.7 Å². The second-order valence-electron chi connectivity index (χ2n) is 3.48. The average Bonchev–Trinajstić information content (AvgIpc) is 2.76. The Balaban J connectivity index is 2.21. The minimum atomic E-state index is -0.967. The summed E-state index contributed by atoms with van der Waals surface area (Å²) in [7, 11) is 0. The summed E-state index contributed by atoms with van der Waals surface area (Å²) in [5, 5.41) is 9.72. The summed E-state index contributed by atoms with van der Waals surface area (Å²) in [6.07, 6.45) is 1.67. The SMILES string of the molecule is OC(Cc1c(F)cccc1F)c1ccoc1. The van der Waals surface area contributed by atoms with E-state index in [1.54, 1.807) is 6.07 Å². The van der Waals surface area contributed by atoms with E-state index in [0.717, 1.165) is 0 Å². The molecular formula is C12H10F2O2. The second kappa shape index (κ2) is 4.45. The van der Waals surface area contributed by atoms with Crippen LogP contribution in [0.25, 0.3) is 0 Å². The number of rotatable bonds is 3. The van der Waals surface area contributed by atoms with Crippen molar-refractivity contribution in [2.45, 2.75) is 12.5 Å². The molecule has 2 rings (SSSR count). The van der Waals surface area contributed by atoms with E-state index < -0.39 is 17.7 Å². The second-order valence-corrected chi connectivity index (χ2v) is 3.48. The minimum Gasteiger partial charge on any atom is -0.472 e. The highest BCUT2D eigenvalue weighted by atomic mass is 19.1. The van der Waals surface area contributed by atoms with E-state index >= 15 is 0 Å². The summed E-state index contributed by atoms with van der Waals surface area (Å²) in [5.74, 6) is -1.30. The predicted octanol–water partition coefficient (Wildman–Crippen LogP) is 2.83. The highest BCUT2D eigenvalue weighted by Gasteiger charge is 2.15. The van der Waals surface area contributed by atoms with Crippen molar-refractivity contribution in [1.29, 1.82) is 0 Å². The van der Waals surface area contributed by atoms with Gasteiger partial charge in [-0.1, -0.05) is 6.07 Å². The van der Waals surface area contributed by atoms with Crippen molar-refractivity contribution in [1.82, 2.24) is 0 Å². The lowest BCUT2D eigenvalue weighted by molar-refractivity contribution is 0.174. The van der Waals surface area contributed by atoms with E-state index in [1.807, 2.05) is 0 Å². The monoisotopic (exact) mass is 224 g/mol. The first-order chi connectivity index (χ1) is 7.68. The molecule has 4 heteroatoms. The lowest BCUT2D eigenvalue weighted by Gasteiger charge is -2.09. The van der Waals surface area contributed by atoms with Crippen LogP contribution in [-0.4, -0.2) is 5.11 Å². The van der Waals surface area contributed by atoms with E-state index in [4.69, 9.17) is 4.42 Å². The lowest BCUT2D eigenvalue weighted by Crippen LogP contribution is -2.04. The maximum atomic E-state index is 13.3. The van der Waals surface area contributed by atoms with Crippen LogP contribution in [0.4, 0.5) is 8.78 Å². The molecule has 2 aromatic rings. The van der Waals surface area contributed by atoms with Crippen LogP contribution in [0.2, 0.25) is 0 Å². The van der Waals surface area contributed by atoms with Crippen molar-refractivity contribution in [2.24, 2.45) is 0 Å². The molecule has 0 aliphatic rings. The number of aliphatic hydroxyl groups is 1. The van der Waals surface area contributed by atoms with Gasteiger partial charge in [0.15, 0.2) is 0 Å². The van der Waals surface area contributed by atoms with Gasteiger partial charge in [0.25, 0.3) is 0 Å². The minimum absolute atomic E-state index is 0.113. The van der Waals surface area contributed by atoms with Crippen LogP contribution in [0, 0.1) is 11.6 Å². The highest BCUT2D eigenvalue weighted by Crippen LogP contribution is 2.22. The normalized spacial score (nSPS) is 12.7. The van der Waals surface area contributed by atoms with Crippen LogP contribution in [0.1, 0.15) is 17.2 Å². The Morgan fingerprint density at radius 3 is 2.44 bits per heavy atom. The number of hydrogen-bond acceptors (Lipinski definition) is 2. The van der Waals surface area contributed by atoms with Gasteiger partial charge < -0.3 is 9.52 Å². The molecule has 1 aromatic heterocycles. The molecule has 1 aromatic carbocycles. The van der Waals surface area contributed by atoms with Crippen LogP contribution in [0.15, 0.2) is 41.2 Å². The zero-order valence-electron chi connectivity index (χ0n) is 8.36. The fourth-order valence-electron chi connectivity index (χ4n) is 1.50. The van der Waals surface area contributed by atoms with Crippen LogP contribution >= 0.6 is 0 Å². The van der Waals surface area contributed by atoms with Crippen LogP contribution in [0.3, 0.4) is 0 Å². The highest BCUT2D eigenvalue weighted by molar-refractivity contribution is 5.22. The number of furan rings is 1. The van der Waals surface area contributed by atoms with Gasteiger partial charge in [0.2, 0.25) is 0 Å². The van der Waals surface area contributed by atoms with Crippen LogP contribution in [0.5, 0.6) is 0 Å². The molecule has 0 amide bonds. The van der Waals surface area contributed by atoms with Gasteiger partial charge in [0.05, 0.1) is 18.6 Å². The molecule has 0 saturated heterocycles. The molecule has 16 heavy (non-hydrogen) atoms. The molecule has 0 aliphatic heterocycles. The summed E-state index contributed by atoms with van der Waals surface area (Å²) < 4.78 is 31.3. The van der Waals surface area contributed by atoms with Gasteiger partial charge in [-0.2, -0.15) is 0 Å². The maximum absolute atomic E-state index is 13.3. The fraction of sp³-hybridized carbons (Fsp3) is 0.167. The molecular weight excluding hydrogens is 214 g/mol. The third-order valence-electron chi connectivity index (χ3n) is 2.39. The van der Waals surface area contributed by atoms with Gasteiger partial charge in [0, 0.05) is 17.5 Å². The van der Waals surface area contributed by atoms with E-state index in [9.17, 15) is 13.9 Å². The standard InChI is InChI=1S/C12H10F2O2/c13-10-2-1-3-11(14)9(10)6-12(15)8-4-5-16-7-8/h1-5,7,12,15H,6H2. The Labute approximate surface area is 91.1 Å². The van der Waals surface area contributed by atoms with Crippen molar-refractivity contribution in [3.8, 4) is 0 Å². The van der Waals surface area contributed by atoms with Gasteiger partial charge in [-0.3, -0.25) is 0 Å². The van der Waals surface area contributed by atoms with Crippen LogP contribution in [-0.2, 0) is 6.42 Å². The third-order valence-corrected chi connectivity index (χ3v) is 2.39. The lowest BCUT2D eigenvalue weighted by atomic mass is 10.0. The Kier molecular flexibility index (Phi) is 3.01. The Morgan fingerprint density at radius 1 is 1.19 bits per heavy atom. The first-order valence-corrected chi connectivity index (χ1v) is 4.81. The summed E-state index contributed by atoms with van der Waals surface area (Å²) in [5.41, 5.74) is 0.388. The third kappa shape index (κ3) is 2.12. The number of hydrogen-bond donors (Lipinski definition) is 1. The molecule has 0 bridgehead atoms. The largest absolute Gasteiger partial charge is 0.472 e. The number of aliphatic hydroxyl groups excluding tert-OH is 1.